The monoisotopic (exact) mass is 836 g/mol. The molecule has 1 atom stereocenters. The maximum Gasteiger partial charge on any atom is 0.262 e. The van der Waals surface area contributed by atoms with Crippen molar-refractivity contribution >= 4 is 52.5 Å². The summed E-state index contributed by atoms with van der Waals surface area (Å²) in [5, 5.41) is 8.49. The van der Waals surface area contributed by atoms with Crippen LogP contribution in [-0.4, -0.2) is 111 Å². The molecule has 1 unspecified atom stereocenters. The first kappa shape index (κ1) is 40.5. The van der Waals surface area contributed by atoms with E-state index in [4.69, 9.17) is 0 Å². The number of fused-ring (bicyclic) bond motifs is 1. The van der Waals surface area contributed by atoms with Crippen LogP contribution in [0.2, 0.25) is 0 Å². The maximum absolute atomic E-state index is 15.4. The third kappa shape index (κ3) is 8.38. The zero-order valence-corrected chi connectivity index (χ0v) is 34.1. The average molecular weight is 837 g/mol. The largest absolute Gasteiger partial charge is 0.371 e. The summed E-state index contributed by atoms with van der Waals surface area (Å²) < 4.78 is 15.4. The van der Waals surface area contributed by atoms with Gasteiger partial charge in [-0.15, -0.1) is 0 Å². The van der Waals surface area contributed by atoms with Gasteiger partial charge in [0.05, 0.1) is 16.8 Å². The molecule has 4 aliphatic rings. The molecule has 0 bridgehead atoms. The first-order valence-corrected chi connectivity index (χ1v) is 20.9. The van der Waals surface area contributed by atoms with Crippen molar-refractivity contribution in [2.45, 2.75) is 51.2 Å². The summed E-state index contributed by atoms with van der Waals surface area (Å²) in [6.45, 7) is 7.14. The Morgan fingerprint density at radius 1 is 0.855 bits per heavy atom. The van der Waals surface area contributed by atoms with Crippen molar-refractivity contribution in [3.63, 3.8) is 0 Å². The molecule has 3 N–H and O–H groups in total. The minimum Gasteiger partial charge on any atom is -0.371 e. The van der Waals surface area contributed by atoms with Crippen LogP contribution in [0.25, 0.3) is 11.3 Å². The smallest absolute Gasteiger partial charge is 0.262 e. The fourth-order valence-corrected chi connectivity index (χ4v) is 8.75. The predicted octanol–water partition coefficient (Wildman–Crippen LogP) is 5.17. The Morgan fingerprint density at radius 2 is 1.61 bits per heavy atom. The summed E-state index contributed by atoms with van der Waals surface area (Å²) in [5.41, 5.74) is 5.99. The fourth-order valence-electron chi connectivity index (χ4n) is 8.75. The van der Waals surface area contributed by atoms with E-state index in [0.717, 1.165) is 91.3 Å². The number of aromatic nitrogens is 3. The number of piperazine rings is 1. The average Bonchev–Trinajstić information content (AvgIpc) is 3.52. The lowest BCUT2D eigenvalue weighted by molar-refractivity contribution is -0.136. The number of anilines is 4. The van der Waals surface area contributed by atoms with Gasteiger partial charge in [0, 0.05) is 111 Å². The summed E-state index contributed by atoms with van der Waals surface area (Å²) in [4.78, 5) is 84.8. The van der Waals surface area contributed by atoms with Crippen molar-refractivity contribution in [2.75, 3.05) is 54.8 Å². The normalized spacial score (nSPS) is 18.8. The summed E-state index contributed by atoms with van der Waals surface area (Å²) in [7, 11) is 0. The highest BCUT2D eigenvalue weighted by Crippen LogP contribution is 2.31. The van der Waals surface area contributed by atoms with Crippen LogP contribution in [0, 0.1) is 12.7 Å². The molecular formula is C46H45FN10O5. The highest BCUT2D eigenvalue weighted by molar-refractivity contribution is 6.23. The second-order valence-electron chi connectivity index (χ2n) is 16.1. The van der Waals surface area contributed by atoms with E-state index in [-0.39, 0.29) is 29.9 Å². The highest BCUT2D eigenvalue weighted by atomic mass is 19.1. The van der Waals surface area contributed by atoms with Gasteiger partial charge in [0.1, 0.15) is 11.9 Å². The minimum absolute atomic E-state index is 0.0177. The number of carbonyl (C=O) groups is 5. The van der Waals surface area contributed by atoms with Gasteiger partial charge in [0.25, 0.3) is 17.7 Å². The molecule has 16 heteroatoms. The van der Waals surface area contributed by atoms with Crippen LogP contribution >= 0.6 is 0 Å². The number of piperidine rings is 2. The predicted molar refractivity (Wildman–Crippen MR) is 229 cm³/mol. The lowest BCUT2D eigenvalue weighted by atomic mass is 10.0. The van der Waals surface area contributed by atoms with Crippen molar-refractivity contribution in [1.29, 1.82) is 0 Å². The van der Waals surface area contributed by atoms with Gasteiger partial charge in [-0.25, -0.2) is 14.4 Å². The molecule has 2 aromatic heterocycles. The number of nitrogens with zero attached hydrogens (tertiary/aromatic N) is 7. The fraction of sp³-hybridized carbons (Fsp3) is 0.304. The van der Waals surface area contributed by atoms with Gasteiger partial charge < -0.3 is 15.5 Å². The summed E-state index contributed by atoms with van der Waals surface area (Å²) in [5.74, 6) is -2.85. The van der Waals surface area contributed by atoms with E-state index >= 15 is 4.39 Å². The molecule has 62 heavy (non-hydrogen) atoms. The maximum atomic E-state index is 15.4. The summed E-state index contributed by atoms with van der Waals surface area (Å²) >= 11 is 0. The molecule has 5 aromatic rings. The van der Waals surface area contributed by atoms with E-state index in [0.29, 0.717) is 35.3 Å². The van der Waals surface area contributed by atoms with Crippen molar-refractivity contribution < 1.29 is 28.4 Å². The lowest BCUT2D eigenvalue weighted by Crippen LogP contribution is -2.54. The van der Waals surface area contributed by atoms with Crippen LogP contribution in [0.4, 0.5) is 27.4 Å². The molecule has 6 heterocycles. The van der Waals surface area contributed by atoms with Crippen LogP contribution in [0.5, 0.6) is 0 Å². The highest BCUT2D eigenvalue weighted by Gasteiger charge is 2.45. The van der Waals surface area contributed by atoms with Gasteiger partial charge in [-0.05, 0) is 98.5 Å². The first-order valence-electron chi connectivity index (χ1n) is 20.9. The van der Waals surface area contributed by atoms with E-state index in [9.17, 15) is 24.0 Å². The molecule has 0 spiro atoms. The molecule has 3 aromatic carbocycles. The number of halogens is 1. The van der Waals surface area contributed by atoms with E-state index in [1.54, 1.807) is 18.6 Å². The Kier molecular flexibility index (Phi) is 11.2. The quantitative estimate of drug-likeness (QED) is 0.158. The molecule has 15 nitrogen and oxygen atoms in total. The number of aryl methyl sites for hydroxylation is 1. The van der Waals surface area contributed by atoms with Crippen molar-refractivity contribution in [1.82, 2.24) is 35.0 Å². The van der Waals surface area contributed by atoms with Crippen LogP contribution < -0.4 is 20.9 Å². The molecule has 316 valence electrons. The van der Waals surface area contributed by atoms with Crippen molar-refractivity contribution in [3.8, 4) is 11.3 Å². The second-order valence-corrected chi connectivity index (χ2v) is 16.1. The Bertz CT molecular complexity index is 2560. The number of benzene rings is 3. The van der Waals surface area contributed by atoms with Gasteiger partial charge in [-0.2, -0.15) is 0 Å². The first-order chi connectivity index (χ1) is 30.1. The van der Waals surface area contributed by atoms with Gasteiger partial charge in [-0.1, -0.05) is 6.07 Å². The molecule has 9 rings (SSSR count). The van der Waals surface area contributed by atoms with Gasteiger partial charge >= 0.3 is 0 Å². The number of hydrogen-bond acceptors (Lipinski definition) is 12. The molecular weight excluding hydrogens is 792 g/mol. The Labute approximate surface area is 357 Å². The molecule has 0 radical (unpaired) electrons. The molecule has 3 fully saturated rings. The zero-order valence-electron chi connectivity index (χ0n) is 34.1. The van der Waals surface area contributed by atoms with Crippen LogP contribution in [-0.2, 0) is 16.1 Å². The third-order valence-electron chi connectivity index (χ3n) is 12.2. The molecule has 4 aliphatic heterocycles. The third-order valence-corrected chi connectivity index (χ3v) is 12.2. The van der Waals surface area contributed by atoms with E-state index in [1.807, 2.05) is 67.6 Å². The Morgan fingerprint density at radius 3 is 2.34 bits per heavy atom. The molecule has 5 amide bonds. The summed E-state index contributed by atoms with van der Waals surface area (Å²) in [6, 6.07) is 20.9. The van der Waals surface area contributed by atoms with Crippen LogP contribution in [0.1, 0.15) is 67.9 Å². The van der Waals surface area contributed by atoms with E-state index < -0.39 is 35.5 Å². The summed E-state index contributed by atoms with van der Waals surface area (Å²) in [6.07, 6.45) is 7.20. The van der Waals surface area contributed by atoms with Crippen LogP contribution in [0.3, 0.4) is 0 Å². The number of hydrogen-bond donors (Lipinski definition) is 3. The molecule has 3 saturated heterocycles. The van der Waals surface area contributed by atoms with Gasteiger partial charge in [-0.3, -0.25) is 49.0 Å². The van der Waals surface area contributed by atoms with Crippen molar-refractivity contribution in [2.24, 2.45) is 0 Å². The number of nitrogens with one attached hydrogen (secondary N) is 3. The number of amides is 5. The Balaban J connectivity index is 0.745. The lowest BCUT2D eigenvalue weighted by Gasteiger charge is -2.43. The number of imide groups is 2. The van der Waals surface area contributed by atoms with E-state index in [1.165, 1.54) is 6.07 Å². The van der Waals surface area contributed by atoms with Crippen LogP contribution in [0.15, 0.2) is 91.4 Å². The van der Waals surface area contributed by atoms with Gasteiger partial charge in [0.15, 0.2) is 0 Å². The number of pyridine rings is 1. The molecule has 0 saturated carbocycles. The van der Waals surface area contributed by atoms with Crippen molar-refractivity contribution in [3.05, 3.63) is 125 Å². The number of rotatable bonds is 10. The van der Waals surface area contributed by atoms with E-state index in [2.05, 4.69) is 45.6 Å². The Hall–Kier alpha value is -6.91. The standard InChI is InChI=1S/C46H45FN10O5/c1-28-4-7-32(24-39(28)52-46-49-16-12-38(51-46)30-3-2-15-48-26-30)50-42(59)29-5-8-33(9-6-29)55-17-13-34(14-18-55)56-21-19-54(20-22-56)27-31-23-35-36(25-37(31)47)45(62)57(44(35)61)40-10-11-41(58)53-43(40)60/h2-9,12,15-16,23-26,34,40H,10-11,13-14,17-22,27H2,1H3,(H,50,59)(H,49,51,52)(H,53,58,60). The zero-order chi connectivity index (χ0) is 42.9. The SMILES string of the molecule is Cc1ccc(NC(=O)c2ccc(N3CCC(N4CCN(Cc5cc6c(cc5F)C(=O)N(C5CCC(=O)NC5=O)C6=O)CC4)CC3)cc2)cc1Nc1nccc(-c2cccnc2)n1. The van der Waals surface area contributed by atoms with Gasteiger partial charge in [0.2, 0.25) is 17.8 Å². The molecule has 0 aliphatic carbocycles. The minimum atomic E-state index is -1.10. The second kappa shape index (κ2) is 17.2. The number of carbonyl (C=O) groups excluding carboxylic acids is 5. The topological polar surface area (TPSA) is 173 Å².